The maximum absolute atomic E-state index is 12.4. The Balaban J connectivity index is 1.18. The normalized spacial score (nSPS) is 18.2. The van der Waals surface area contributed by atoms with Gasteiger partial charge in [0.25, 0.3) is 5.91 Å². The number of ether oxygens (including phenoxy) is 2. The number of guanidine groups is 1. The lowest BCUT2D eigenvalue weighted by atomic mass is 10.0. The number of aromatic nitrogens is 2. The number of aryl methyl sites for hydroxylation is 1. The second-order valence-corrected chi connectivity index (χ2v) is 14.5. The third-order valence-electron chi connectivity index (χ3n) is 8.38. The lowest BCUT2D eigenvalue weighted by Crippen LogP contribution is -2.43. The Morgan fingerprint density at radius 1 is 0.981 bits per heavy atom. The summed E-state index contributed by atoms with van der Waals surface area (Å²) in [5.41, 5.74) is 12.1. The molecule has 0 radical (unpaired) electrons. The first-order valence-electron chi connectivity index (χ1n) is 17.3. The van der Waals surface area contributed by atoms with Crippen molar-refractivity contribution >= 4 is 46.9 Å². The molecule has 1 saturated heterocycles. The quantitative estimate of drug-likeness (QED) is 0.0295. The molecule has 53 heavy (non-hydrogen) atoms. The maximum Gasteiger partial charge on any atom is 0.280 e. The summed E-state index contributed by atoms with van der Waals surface area (Å²) in [7, 11) is 0. The molecule has 2 aromatic carbocycles. The zero-order valence-electron chi connectivity index (χ0n) is 29.2. The van der Waals surface area contributed by atoms with Crippen molar-refractivity contribution in [1.29, 1.82) is 5.41 Å². The van der Waals surface area contributed by atoms with Gasteiger partial charge in [-0.3, -0.25) is 20.4 Å². The number of hydrogen-bond donors (Lipinski definition) is 10. The summed E-state index contributed by atoms with van der Waals surface area (Å²) >= 11 is 6.98. The fraction of sp³-hybridized carbons (Fsp3) is 0.486. The molecule has 0 spiro atoms. The summed E-state index contributed by atoms with van der Waals surface area (Å²) in [6, 6.07) is 17.3. The van der Waals surface area contributed by atoms with E-state index < -0.39 is 41.0 Å². The first-order valence-corrected chi connectivity index (χ1v) is 18.5. The molecule has 12 N–H and O–H groups in total. The number of halogens is 1. The lowest BCUT2D eigenvalue weighted by molar-refractivity contribution is -0.0356. The Kier molecular flexibility index (Phi) is 16.2. The molecule has 18 heteroatoms. The van der Waals surface area contributed by atoms with E-state index in [4.69, 9.17) is 43.1 Å². The van der Waals surface area contributed by atoms with E-state index in [0.717, 1.165) is 42.3 Å². The highest BCUT2D eigenvalue weighted by atomic mass is 35.5. The Bertz CT molecular complexity index is 1610. The van der Waals surface area contributed by atoms with Crippen molar-refractivity contribution in [2.24, 2.45) is 0 Å². The van der Waals surface area contributed by atoms with Gasteiger partial charge in [-0.25, -0.2) is 9.97 Å². The standard InChI is InChI=1S/C35H49ClN8O8S/c36-30-32(38)42-31(37)27(41-30)33(49)43-34(39)40-14-5-4-7-22-10-12-25(13-11-22)52-18-16-44(15-6-17-51-24-8-2-1-3-9-24)21-35(50)29(53-35)28(48)26(47)19-23(46)20-45/h1-3,8-13,23,26,28-29,45-48,50H,4-7,14-21H2,(H4,37,38,42)(H3,39,40,43,49)/t23-,26+,28-,29?,35-/m0/s1. The third-order valence-corrected chi connectivity index (χ3v) is 10.1. The number of para-hydroxylation sites is 1. The van der Waals surface area contributed by atoms with Crippen LogP contribution in [0.2, 0.25) is 5.15 Å². The predicted molar refractivity (Wildman–Crippen MR) is 203 cm³/mol. The molecule has 0 bridgehead atoms. The molecule has 0 aliphatic carbocycles. The van der Waals surface area contributed by atoms with Gasteiger partial charge in [-0.15, -0.1) is 11.8 Å². The Morgan fingerprint density at radius 3 is 2.40 bits per heavy atom. The van der Waals surface area contributed by atoms with Crippen molar-refractivity contribution in [3.8, 4) is 11.5 Å². The molecule has 1 aliphatic rings. The van der Waals surface area contributed by atoms with Crippen LogP contribution < -0.4 is 31.6 Å². The van der Waals surface area contributed by atoms with Crippen molar-refractivity contribution in [3.63, 3.8) is 0 Å². The zero-order chi connectivity index (χ0) is 38.4. The van der Waals surface area contributed by atoms with Crippen molar-refractivity contribution < 1.29 is 39.8 Å². The first-order chi connectivity index (χ1) is 25.4. The summed E-state index contributed by atoms with van der Waals surface area (Å²) in [5, 5.41) is 63.2. The number of benzene rings is 2. The first kappa shape index (κ1) is 41.8. The second kappa shape index (κ2) is 20.5. The molecule has 1 fully saturated rings. The Hall–Kier alpha value is -3.94. The van der Waals surface area contributed by atoms with Gasteiger partial charge in [-0.05, 0) is 55.5 Å². The van der Waals surface area contributed by atoms with Crippen LogP contribution in [0.3, 0.4) is 0 Å². The second-order valence-electron chi connectivity index (χ2n) is 12.6. The molecule has 4 rings (SSSR count). The number of hydrogen-bond acceptors (Lipinski definition) is 15. The molecule has 1 amide bonds. The Labute approximate surface area is 317 Å². The van der Waals surface area contributed by atoms with Gasteiger partial charge in [-0.2, -0.15) is 0 Å². The van der Waals surface area contributed by atoms with Crippen LogP contribution in [-0.4, -0.2) is 127 Å². The molecule has 16 nitrogen and oxygen atoms in total. The van der Waals surface area contributed by atoms with Crippen LogP contribution in [0.4, 0.5) is 11.6 Å². The minimum atomic E-state index is -1.29. The molecule has 290 valence electrons. The number of amides is 1. The molecule has 1 aromatic heterocycles. The minimum absolute atomic E-state index is 0.0914. The van der Waals surface area contributed by atoms with Gasteiger partial charge in [0.05, 0.1) is 36.8 Å². The van der Waals surface area contributed by atoms with Crippen LogP contribution >= 0.6 is 23.4 Å². The predicted octanol–water partition coefficient (Wildman–Crippen LogP) is 0.990. The van der Waals surface area contributed by atoms with E-state index in [-0.39, 0.29) is 41.4 Å². The van der Waals surface area contributed by atoms with Crippen molar-refractivity contribution in [1.82, 2.24) is 25.5 Å². The number of nitrogens with two attached hydrogens (primary N) is 2. The van der Waals surface area contributed by atoms with Gasteiger partial charge in [0, 0.05) is 32.6 Å². The average molecular weight is 777 g/mol. The van der Waals surface area contributed by atoms with Gasteiger partial charge >= 0.3 is 0 Å². The van der Waals surface area contributed by atoms with E-state index in [2.05, 4.69) is 20.6 Å². The highest BCUT2D eigenvalue weighted by Crippen LogP contribution is 2.54. The van der Waals surface area contributed by atoms with E-state index >= 15 is 0 Å². The summed E-state index contributed by atoms with van der Waals surface area (Å²) in [5.74, 6) is 0.248. The third kappa shape index (κ3) is 13.5. The fourth-order valence-electron chi connectivity index (χ4n) is 5.47. The fourth-order valence-corrected chi connectivity index (χ4v) is 6.76. The molecule has 2 heterocycles. The molecular formula is C35H49ClN8O8S. The number of aliphatic hydroxyl groups excluding tert-OH is 4. The monoisotopic (exact) mass is 776 g/mol. The summed E-state index contributed by atoms with van der Waals surface area (Å²) in [4.78, 5) is 20.7. The Morgan fingerprint density at radius 2 is 1.68 bits per heavy atom. The number of anilines is 2. The van der Waals surface area contributed by atoms with Crippen LogP contribution in [0.5, 0.6) is 11.5 Å². The summed E-state index contributed by atoms with van der Waals surface area (Å²) in [6.45, 7) is 2.05. The van der Waals surface area contributed by atoms with Crippen molar-refractivity contribution in [3.05, 3.63) is 71.0 Å². The number of rotatable bonds is 22. The maximum atomic E-state index is 12.4. The van der Waals surface area contributed by atoms with Crippen LogP contribution in [0.1, 0.15) is 41.7 Å². The number of carbonyl (C=O) groups excluding carboxylic acids is 1. The van der Waals surface area contributed by atoms with E-state index in [1.165, 1.54) is 0 Å². The number of thioether (sulfide) groups is 1. The number of carbonyl (C=O) groups is 1. The van der Waals surface area contributed by atoms with Crippen molar-refractivity contribution in [2.75, 3.05) is 57.5 Å². The van der Waals surface area contributed by atoms with E-state index in [1.54, 1.807) is 0 Å². The number of nitrogens with one attached hydrogen (secondary N) is 3. The lowest BCUT2D eigenvalue weighted by Gasteiger charge is -2.26. The number of unbranched alkanes of at least 4 members (excludes halogenated alkanes) is 1. The largest absolute Gasteiger partial charge is 0.494 e. The van der Waals surface area contributed by atoms with Crippen LogP contribution in [0.15, 0.2) is 54.6 Å². The molecule has 5 atom stereocenters. The topological polar surface area (TPSA) is 266 Å². The van der Waals surface area contributed by atoms with Gasteiger partial charge < -0.3 is 51.8 Å². The zero-order valence-corrected chi connectivity index (χ0v) is 30.8. The molecule has 1 unspecified atom stereocenters. The van der Waals surface area contributed by atoms with Gasteiger partial charge in [0.1, 0.15) is 23.0 Å². The van der Waals surface area contributed by atoms with E-state index in [0.29, 0.717) is 45.0 Å². The van der Waals surface area contributed by atoms with Gasteiger partial charge in [0.2, 0.25) is 0 Å². The highest BCUT2D eigenvalue weighted by molar-refractivity contribution is 8.08. The van der Waals surface area contributed by atoms with E-state index in [9.17, 15) is 25.2 Å². The number of nitrogen functional groups attached to an aromatic ring is 2. The SMILES string of the molecule is N=C(NCCCCc1ccc(OCCN(CCCOc2ccccc2)C[C@]2(O)SC2[C@@H](O)[C@H](O)C[C@H](O)CO)cc1)NC(=O)c1nc(Cl)c(N)nc1N. The van der Waals surface area contributed by atoms with E-state index in [1.807, 2.05) is 59.5 Å². The smallest absolute Gasteiger partial charge is 0.280 e. The minimum Gasteiger partial charge on any atom is -0.494 e. The average Bonchev–Trinajstić information content (AvgIpc) is 3.81. The summed E-state index contributed by atoms with van der Waals surface area (Å²) < 4.78 is 11.9. The van der Waals surface area contributed by atoms with Gasteiger partial charge in [-0.1, -0.05) is 41.9 Å². The number of nitrogens with zero attached hydrogens (tertiary/aromatic N) is 3. The highest BCUT2D eigenvalue weighted by Gasteiger charge is 2.60. The van der Waals surface area contributed by atoms with Crippen LogP contribution in [0.25, 0.3) is 0 Å². The molecule has 1 aliphatic heterocycles. The number of aliphatic hydroxyl groups is 5. The molecule has 3 aromatic rings. The van der Waals surface area contributed by atoms with Gasteiger partial charge in [0.15, 0.2) is 28.4 Å². The van der Waals surface area contributed by atoms with Crippen LogP contribution in [0, 0.1) is 5.41 Å². The van der Waals surface area contributed by atoms with Crippen LogP contribution in [-0.2, 0) is 6.42 Å². The molecule has 0 saturated carbocycles. The van der Waals surface area contributed by atoms with Crippen molar-refractivity contribution in [2.45, 2.75) is 60.6 Å². The summed E-state index contributed by atoms with van der Waals surface area (Å²) in [6.07, 6.45) is -0.852. The molecular weight excluding hydrogens is 728 g/mol.